The molecule has 7 heteroatoms. The van der Waals surface area contributed by atoms with Crippen LogP contribution in [-0.4, -0.2) is 80.3 Å². The first kappa shape index (κ1) is 21.3. The maximum absolute atomic E-state index is 13.0. The van der Waals surface area contributed by atoms with E-state index in [-0.39, 0.29) is 23.9 Å². The van der Waals surface area contributed by atoms with Gasteiger partial charge in [0.25, 0.3) is 0 Å². The molecule has 0 spiro atoms. The van der Waals surface area contributed by atoms with E-state index < -0.39 is 0 Å². The maximum Gasteiger partial charge on any atom is 0.222 e. The SMILES string of the molecule is CC(=O)N1CCc2ccccc2C1CC(=O)NCC(C1CCOC1)N1CCOCC1. The van der Waals surface area contributed by atoms with Gasteiger partial charge in [-0.1, -0.05) is 24.3 Å². The summed E-state index contributed by atoms with van der Waals surface area (Å²) in [7, 11) is 0. The highest BCUT2D eigenvalue weighted by atomic mass is 16.5. The Kier molecular flexibility index (Phi) is 7.02. The number of ether oxygens (including phenoxy) is 2. The molecule has 2 fully saturated rings. The lowest BCUT2D eigenvalue weighted by Gasteiger charge is -2.38. The van der Waals surface area contributed by atoms with Crippen LogP contribution in [0.3, 0.4) is 0 Å². The van der Waals surface area contributed by atoms with Gasteiger partial charge in [0.05, 0.1) is 32.3 Å². The lowest BCUT2D eigenvalue weighted by atomic mass is 9.90. The van der Waals surface area contributed by atoms with Crippen molar-refractivity contribution >= 4 is 11.8 Å². The molecule has 2 saturated heterocycles. The van der Waals surface area contributed by atoms with Crippen LogP contribution < -0.4 is 5.32 Å². The number of fused-ring (bicyclic) bond motifs is 1. The van der Waals surface area contributed by atoms with Crippen LogP contribution in [0.15, 0.2) is 24.3 Å². The molecule has 0 aromatic heterocycles. The van der Waals surface area contributed by atoms with Gasteiger partial charge in [0.1, 0.15) is 0 Å². The number of morpholine rings is 1. The molecule has 0 radical (unpaired) electrons. The summed E-state index contributed by atoms with van der Waals surface area (Å²) in [5.74, 6) is 0.462. The number of carbonyl (C=O) groups excluding carboxylic acids is 2. The van der Waals surface area contributed by atoms with Gasteiger partial charge in [-0.25, -0.2) is 0 Å². The van der Waals surface area contributed by atoms with Crippen molar-refractivity contribution in [2.24, 2.45) is 5.92 Å². The normalized spacial score (nSPS) is 25.6. The molecule has 0 aliphatic carbocycles. The van der Waals surface area contributed by atoms with Crippen molar-refractivity contribution in [2.75, 3.05) is 52.6 Å². The maximum atomic E-state index is 13.0. The minimum Gasteiger partial charge on any atom is -0.381 e. The molecule has 0 saturated carbocycles. The van der Waals surface area contributed by atoms with Gasteiger partial charge >= 0.3 is 0 Å². The minimum absolute atomic E-state index is 0.000118. The lowest BCUT2D eigenvalue weighted by molar-refractivity contribution is -0.133. The predicted molar refractivity (Wildman–Crippen MR) is 113 cm³/mol. The second kappa shape index (κ2) is 9.90. The van der Waals surface area contributed by atoms with Crippen molar-refractivity contribution in [2.45, 2.75) is 38.3 Å². The van der Waals surface area contributed by atoms with Crippen LogP contribution >= 0.6 is 0 Å². The highest BCUT2D eigenvalue weighted by molar-refractivity contribution is 5.79. The van der Waals surface area contributed by atoms with Crippen LogP contribution in [0.1, 0.15) is 36.9 Å². The van der Waals surface area contributed by atoms with Crippen LogP contribution in [-0.2, 0) is 25.5 Å². The molecule has 0 bridgehead atoms. The molecular weight excluding hydrogens is 382 g/mol. The van der Waals surface area contributed by atoms with Crippen LogP contribution in [0.4, 0.5) is 0 Å². The lowest BCUT2D eigenvalue weighted by Crippen LogP contribution is -2.52. The smallest absolute Gasteiger partial charge is 0.222 e. The van der Waals surface area contributed by atoms with Gasteiger partial charge in [0.15, 0.2) is 0 Å². The number of carbonyl (C=O) groups is 2. The minimum atomic E-state index is -0.191. The van der Waals surface area contributed by atoms with Crippen molar-refractivity contribution in [1.29, 1.82) is 0 Å². The molecule has 1 N–H and O–H groups in total. The molecule has 1 aromatic carbocycles. The third-order valence-electron chi connectivity index (χ3n) is 6.73. The summed E-state index contributed by atoms with van der Waals surface area (Å²) in [6.45, 7) is 7.69. The molecule has 164 valence electrons. The summed E-state index contributed by atoms with van der Waals surface area (Å²) in [6.07, 6.45) is 2.17. The van der Waals surface area contributed by atoms with E-state index in [4.69, 9.17) is 9.47 Å². The number of hydrogen-bond donors (Lipinski definition) is 1. The van der Waals surface area contributed by atoms with E-state index in [0.717, 1.165) is 57.9 Å². The first-order chi connectivity index (χ1) is 14.6. The first-order valence-corrected chi connectivity index (χ1v) is 11.1. The molecule has 4 rings (SSSR count). The van der Waals surface area contributed by atoms with Crippen molar-refractivity contribution in [3.63, 3.8) is 0 Å². The zero-order chi connectivity index (χ0) is 20.9. The monoisotopic (exact) mass is 415 g/mol. The molecule has 3 aliphatic rings. The molecular formula is C23H33N3O4. The van der Waals surface area contributed by atoms with E-state index in [1.165, 1.54) is 5.56 Å². The van der Waals surface area contributed by atoms with Crippen molar-refractivity contribution < 1.29 is 19.1 Å². The highest BCUT2D eigenvalue weighted by Gasteiger charge is 2.33. The van der Waals surface area contributed by atoms with E-state index in [2.05, 4.69) is 22.3 Å². The second-order valence-electron chi connectivity index (χ2n) is 8.52. The van der Waals surface area contributed by atoms with Crippen LogP contribution in [0.25, 0.3) is 0 Å². The molecule has 7 nitrogen and oxygen atoms in total. The fourth-order valence-electron chi connectivity index (χ4n) is 5.07. The number of amides is 2. The van der Waals surface area contributed by atoms with Crippen LogP contribution in [0, 0.1) is 5.92 Å². The summed E-state index contributed by atoms with van der Waals surface area (Å²) in [5, 5.41) is 3.18. The molecule has 3 atom stereocenters. The number of nitrogens with zero attached hydrogens (tertiary/aromatic N) is 2. The Morgan fingerprint density at radius 3 is 2.67 bits per heavy atom. The Morgan fingerprint density at radius 1 is 1.13 bits per heavy atom. The van der Waals surface area contributed by atoms with Gasteiger partial charge in [-0.15, -0.1) is 0 Å². The average molecular weight is 416 g/mol. The van der Waals surface area contributed by atoms with Crippen molar-refractivity contribution in [3.05, 3.63) is 35.4 Å². The number of benzene rings is 1. The number of nitrogens with one attached hydrogen (secondary N) is 1. The number of hydrogen-bond acceptors (Lipinski definition) is 5. The molecule has 3 aliphatic heterocycles. The average Bonchev–Trinajstić information content (AvgIpc) is 3.29. The molecule has 3 unspecified atom stereocenters. The van der Waals surface area contributed by atoms with Gasteiger partial charge in [-0.3, -0.25) is 14.5 Å². The van der Waals surface area contributed by atoms with Crippen LogP contribution in [0.5, 0.6) is 0 Å². The van der Waals surface area contributed by atoms with Gasteiger partial charge in [-0.2, -0.15) is 0 Å². The molecule has 3 heterocycles. The molecule has 30 heavy (non-hydrogen) atoms. The Hall–Kier alpha value is -1.96. The quantitative estimate of drug-likeness (QED) is 0.760. The summed E-state index contributed by atoms with van der Waals surface area (Å²) < 4.78 is 11.1. The summed E-state index contributed by atoms with van der Waals surface area (Å²) in [6, 6.07) is 8.24. The zero-order valence-electron chi connectivity index (χ0n) is 17.8. The number of rotatable bonds is 6. The fraction of sp³-hybridized carbons (Fsp3) is 0.652. The van der Waals surface area contributed by atoms with Crippen LogP contribution in [0.2, 0.25) is 0 Å². The highest BCUT2D eigenvalue weighted by Crippen LogP contribution is 2.32. The third kappa shape index (κ3) is 4.85. The molecule has 2 amide bonds. The third-order valence-corrected chi connectivity index (χ3v) is 6.73. The van der Waals surface area contributed by atoms with E-state index in [1.54, 1.807) is 6.92 Å². The predicted octanol–water partition coefficient (Wildman–Crippen LogP) is 1.38. The zero-order valence-corrected chi connectivity index (χ0v) is 17.8. The Balaban J connectivity index is 1.41. The van der Waals surface area contributed by atoms with Crippen molar-refractivity contribution in [1.82, 2.24) is 15.1 Å². The topological polar surface area (TPSA) is 71.1 Å². The second-order valence-corrected chi connectivity index (χ2v) is 8.52. The summed E-state index contributed by atoms with van der Waals surface area (Å²) in [4.78, 5) is 29.4. The Morgan fingerprint density at radius 2 is 1.93 bits per heavy atom. The van der Waals surface area contributed by atoms with E-state index in [1.807, 2.05) is 17.0 Å². The standard InChI is InChI=1S/C23H33N3O4/c1-17(27)26-8-6-18-4-2-3-5-20(18)21(26)14-23(28)24-15-22(19-7-11-30-16-19)25-9-12-29-13-10-25/h2-5,19,21-22H,6-16H2,1H3,(H,24,28). The Bertz CT molecular complexity index is 744. The van der Waals surface area contributed by atoms with Gasteiger partial charge < -0.3 is 19.7 Å². The first-order valence-electron chi connectivity index (χ1n) is 11.1. The van der Waals surface area contributed by atoms with Gasteiger partial charge in [-0.05, 0) is 24.0 Å². The Labute approximate surface area is 178 Å². The van der Waals surface area contributed by atoms with E-state index >= 15 is 0 Å². The van der Waals surface area contributed by atoms with E-state index in [9.17, 15) is 9.59 Å². The largest absolute Gasteiger partial charge is 0.381 e. The van der Waals surface area contributed by atoms with Gasteiger partial charge in [0, 0.05) is 51.7 Å². The van der Waals surface area contributed by atoms with E-state index in [0.29, 0.717) is 25.4 Å². The van der Waals surface area contributed by atoms with Gasteiger partial charge in [0.2, 0.25) is 11.8 Å². The van der Waals surface area contributed by atoms with Crippen molar-refractivity contribution in [3.8, 4) is 0 Å². The summed E-state index contributed by atoms with van der Waals surface area (Å²) in [5.41, 5.74) is 2.34. The summed E-state index contributed by atoms with van der Waals surface area (Å²) >= 11 is 0. The molecule has 1 aromatic rings. The fourth-order valence-corrected chi connectivity index (χ4v) is 5.07.